The van der Waals surface area contributed by atoms with Crippen LogP contribution in [0.5, 0.6) is 5.75 Å². The molecule has 4 aliphatic rings. The van der Waals surface area contributed by atoms with E-state index in [-0.39, 0.29) is 138 Å². The number of amides is 6. The van der Waals surface area contributed by atoms with Gasteiger partial charge in [-0.2, -0.15) is 4.73 Å². The number of hydrogen-bond donors (Lipinski definition) is 12. The lowest BCUT2D eigenvalue weighted by molar-refractivity contribution is -0.280. The summed E-state index contributed by atoms with van der Waals surface area (Å²) in [7, 11) is 6.45. The number of aliphatic hydroxyl groups is 4. The Kier molecular flexibility index (Phi) is 23.0. The molecular weight excluding hydrogens is 1480 g/mol. The molecule has 11 atom stereocenters. The Hall–Kier alpha value is -9.40. The highest BCUT2D eigenvalue weighted by Gasteiger charge is 2.50. The van der Waals surface area contributed by atoms with Crippen molar-refractivity contribution in [1.82, 2.24) is 76.3 Å². The third-order valence-corrected chi connectivity index (χ3v) is 22.2. The predicted octanol–water partition coefficient (Wildman–Crippen LogP) is 2.29. The quantitative estimate of drug-likeness (QED) is 0.0398. The number of benzene rings is 1. The molecule has 12 bridgehead atoms. The lowest BCUT2D eigenvalue weighted by Crippen LogP contribution is -2.62. The van der Waals surface area contributed by atoms with E-state index < -0.39 is 145 Å². The molecular formula is C66H73N15O20S5. The number of nitrogens with zero attached hydrogens (tertiary/aromatic N) is 9. The largest absolute Gasteiger partial charge is 0.506 e. The molecule has 11 unspecified atom stereocenters. The molecule has 0 spiro atoms. The highest BCUT2D eigenvalue weighted by Crippen LogP contribution is 2.43. The fourth-order valence-corrected chi connectivity index (χ4v) is 17.0. The summed E-state index contributed by atoms with van der Waals surface area (Å²) in [6.07, 6.45) is -7.62. The number of pyridine rings is 1. The molecule has 562 valence electrons. The molecule has 1 aromatic carbocycles. The topological polar surface area (TPSA) is 474 Å². The molecule has 8 aromatic rings. The number of aliphatic hydroxyl groups excluding tert-OH is 3. The number of fused-ring (bicyclic) bond motifs is 15. The number of thiazole rings is 5. The molecule has 106 heavy (non-hydrogen) atoms. The highest BCUT2D eigenvalue weighted by atomic mass is 32.1. The minimum absolute atomic E-state index is 0.00155. The second kappa shape index (κ2) is 32.0. The van der Waals surface area contributed by atoms with Crippen molar-refractivity contribution >= 4 is 121 Å². The number of aromatic nitrogens is 7. The van der Waals surface area contributed by atoms with Gasteiger partial charge in [0.25, 0.3) is 23.6 Å². The van der Waals surface area contributed by atoms with Gasteiger partial charge in [-0.25, -0.2) is 39.5 Å². The second-order valence-electron chi connectivity index (χ2n) is 25.6. The summed E-state index contributed by atoms with van der Waals surface area (Å²) in [4.78, 5) is 148. The number of ether oxygens (including phenoxy) is 6. The Labute approximate surface area is 622 Å². The van der Waals surface area contributed by atoms with E-state index in [1.54, 1.807) is 56.9 Å². The van der Waals surface area contributed by atoms with Crippen molar-refractivity contribution in [3.63, 3.8) is 0 Å². The smallest absolute Gasteiger partial charge is 0.358 e. The lowest BCUT2D eigenvalue weighted by atomic mass is 9.85. The third kappa shape index (κ3) is 15.9. The van der Waals surface area contributed by atoms with Crippen molar-refractivity contribution in [3.05, 3.63) is 112 Å². The van der Waals surface area contributed by atoms with Gasteiger partial charge in [-0.15, -0.1) is 56.7 Å². The molecule has 4 aliphatic heterocycles. The van der Waals surface area contributed by atoms with Gasteiger partial charge in [0.05, 0.1) is 56.3 Å². The average Bonchev–Trinajstić information content (AvgIpc) is 1.58. The lowest BCUT2D eigenvalue weighted by Gasteiger charge is -2.48. The summed E-state index contributed by atoms with van der Waals surface area (Å²) >= 11 is 4.44. The number of aromatic hydroxyl groups is 1. The Morgan fingerprint density at radius 1 is 0.830 bits per heavy atom. The maximum Gasteiger partial charge on any atom is 0.358 e. The molecule has 1 fully saturated rings. The van der Waals surface area contributed by atoms with Crippen LogP contribution in [0, 0.1) is 0 Å². The monoisotopic (exact) mass is 1560 g/mol. The zero-order chi connectivity index (χ0) is 75.7. The van der Waals surface area contributed by atoms with Gasteiger partial charge in [-0.3, -0.25) is 28.8 Å². The number of carbonyl (C=O) groups excluding carboxylic acids is 8. The molecule has 0 radical (unpaired) electrons. The van der Waals surface area contributed by atoms with Crippen LogP contribution in [0.3, 0.4) is 0 Å². The van der Waals surface area contributed by atoms with E-state index >= 15 is 19.2 Å². The maximum atomic E-state index is 15.2. The number of allylic oxidation sites excluding steroid dienone is 1. The van der Waals surface area contributed by atoms with Crippen molar-refractivity contribution < 1.29 is 97.5 Å². The molecule has 0 aliphatic carbocycles. The van der Waals surface area contributed by atoms with Crippen LogP contribution in [0.15, 0.2) is 56.9 Å². The first-order chi connectivity index (χ1) is 50.6. The van der Waals surface area contributed by atoms with Crippen LogP contribution >= 0.6 is 56.7 Å². The van der Waals surface area contributed by atoms with Crippen LogP contribution in [0.2, 0.25) is 0 Å². The fourth-order valence-electron chi connectivity index (χ4n) is 12.8. The Morgan fingerprint density at radius 2 is 1.51 bits per heavy atom. The molecule has 11 heterocycles. The second-order valence-corrected chi connectivity index (χ2v) is 29.9. The number of likely N-dealkylation sites (N-methyl/N-ethyl adjacent to an activating group) is 2. The van der Waals surface area contributed by atoms with Crippen molar-refractivity contribution in [3.8, 4) is 38.4 Å². The van der Waals surface area contributed by atoms with Gasteiger partial charge < -0.3 is 101 Å². The van der Waals surface area contributed by atoms with Gasteiger partial charge in [0, 0.05) is 69.5 Å². The minimum Gasteiger partial charge on any atom is -0.506 e. The summed E-state index contributed by atoms with van der Waals surface area (Å²) < 4.78 is 38.3. The Balaban J connectivity index is 1.02. The summed E-state index contributed by atoms with van der Waals surface area (Å²) in [6, 6.07) is -0.617. The van der Waals surface area contributed by atoms with Gasteiger partial charge in [-0.1, -0.05) is 12.1 Å². The molecule has 40 heteroatoms. The summed E-state index contributed by atoms with van der Waals surface area (Å²) in [5.41, 5.74) is -2.99. The predicted molar refractivity (Wildman–Crippen MR) is 380 cm³/mol. The summed E-state index contributed by atoms with van der Waals surface area (Å²) in [6.45, 7) is 3.56. The average molecular weight is 1560 g/mol. The molecule has 0 saturated carbocycles. The summed E-state index contributed by atoms with van der Waals surface area (Å²) in [5, 5.41) is 89.6. The van der Waals surface area contributed by atoms with Crippen LogP contribution in [0.25, 0.3) is 49.3 Å². The van der Waals surface area contributed by atoms with Gasteiger partial charge in [-0.05, 0) is 66.5 Å². The van der Waals surface area contributed by atoms with Crippen molar-refractivity contribution in [2.45, 2.75) is 114 Å². The number of methoxy groups -OCH3 is 1. The first kappa shape index (κ1) is 76.3. The van der Waals surface area contributed by atoms with Crippen LogP contribution in [-0.2, 0) is 56.0 Å². The first-order valence-electron chi connectivity index (χ1n) is 32.8. The first-order valence-corrected chi connectivity index (χ1v) is 37.2. The number of carbonyl (C=O) groups is 8. The molecule has 7 aromatic heterocycles. The number of cyclic esters (lactones) is 2. The number of nitrogens with one attached hydrogen (secondary N) is 6. The van der Waals surface area contributed by atoms with Gasteiger partial charge in [0.1, 0.15) is 126 Å². The minimum atomic E-state index is -1.93. The van der Waals surface area contributed by atoms with Crippen molar-refractivity contribution in [2.24, 2.45) is 0 Å². The van der Waals surface area contributed by atoms with E-state index in [9.17, 15) is 49.9 Å². The molecule has 12 N–H and O–H groups in total. The number of esters is 2. The molecule has 6 amide bonds. The van der Waals surface area contributed by atoms with Gasteiger partial charge in [0.15, 0.2) is 18.1 Å². The zero-order valence-electron chi connectivity index (χ0n) is 57.8. The van der Waals surface area contributed by atoms with Crippen LogP contribution in [0.4, 0.5) is 0 Å². The highest BCUT2D eigenvalue weighted by molar-refractivity contribution is 7.14. The standard InChI is InChI=1S/C66H73N15O20S5/c1-27(84)44-58(91)77-45(28(2)96-8)61-72-39(26-104-61)57(90)78-48-50-51(101-42-17-66(4,94)52(79(5)6)29(3)100-42)65(93)98-19-30-10-9-11-40-43(30)32(20-97-50)49(81(40)95)64(92)99-21-34(69-55(88)37-25-106-63(48)74-37)60-70-35(22-103-60)46-31(59-71-38(23-102-59)56(89)76-44)16-41(85)47(75-46)62-73-36(24-105-62)54(87)68-33(18-80(7)13-15-83)53(86)67-12-14-82/h9-11,16,22-27,29,33-34,42,44,48,50-52,82-85,94-95H,12-15,17-21H2,1-8H3,(H,67,86)(H,68,87)(H,69,88)(H,76,89)(H,77,91)(H,78,90)/b45-28+. The molecule has 12 rings (SSSR count). The SMILES string of the molecule is CO/C(C)=C1/NC(=O)C(C(C)O)NC(=O)c2csc(n2)-c2cc(O)c(-c3nc(C(=O)NC(CN(C)CCO)C(=O)NCCO)cs3)nc2-c2csc(n2)C2COC(=O)c3c4c5c(cccc5n3O)COC(=O)C(OC3CC(C)(O)C(N(C)C)C(C)O3)C(OC4)C(NC(=O)c3csc1n3)c1nc(cs1)C(=O)N2. The van der Waals surface area contributed by atoms with E-state index in [1.807, 2.05) is 0 Å². The third-order valence-electron chi connectivity index (χ3n) is 17.8. The normalized spacial score (nSPS) is 23.5. The molecule has 1 saturated heterocycles. The van der Waals surface area contributed by atoms with E-state index in [4.69, 9.17) is 43.4 Å². The van der Waals surface area contributed by atoms with Gasteiger partial charge >= 0.3 is 11.9 Å². The van der Waals surface area contributed by atoms with Crippen molar-refractivity contribution in [1.29, 1.82) is 0 Å². The number of rotatable bonds is 15. The Morgan fingerprint density at radius 3 is 2.23 bits per heavy atom. The number of hydrogen-bond acceptors (Lipinski definition) is 33. The van der Waals surface area contributed by atoms with E-state index in [2.05, 4.69) is 46.9 Å². The Bertz CT molecular complexity index is 4740. The van der Waals surface area contributed by atoms with Crippen LogP contribution in [0.1, 0.15) is 125 Å². The van der Waals surface area contributed by atoms with E-state index in [0.29, 0.717) is 10.3 Å². The van der Waals surface area contributed by atoms with Crippen molar-refractivity contribution in [2.75, 3.05) is 67.7 Å². The fraction of sp³-hybridized carbons (Fsp3) is 0.424. The van der Waals surface area contributed by atoms with Crippen LogP contribution in [-0.4, -0.2) is 245 Å². The van der Waals surface area contributed by atoms with Gasteiger partial charge in [0.2, 0.25) is 11.8 Å². The van der Waals surface area contributed by atoms with E-state index in [1.165, 1.54) is 60.0 Å². The molecule has 35 nitrogen and oxygen atoms in total. The van der Waals surface area contributed by atoms with E-state index in [0.717, 1.165) is 56.7 Å². The zero-order valence-corrected chi connectivity index (χ0v) is 61.9. The van der Waals surface area contributed by atoms with Crippen LogP contribution < -0.4 is 31.9 Å². The summed E-state index contributed by atoms with van der Waals surface area (Å²) in [5.74, 6) is -7.93. The maximum absolute atomic E-state index is 15.2.